The summed E-state index contributed by atoms with van der Waals surface area (Å²) in [6.07, 6.45) is 0.966. The highest BCUT2D eigenvalue weighted by molar-refractivity contribution is 5.79. The summed E-state index contributed by atoms with van der Waals surface area (Å²) in [6, 6.07) is 25.4. The molecule has 0 aliphatic carbocycles. The molecule has 0 bridgehead atoms. The molecule has 4 rings (SSSR count). The Bertz CT molecular complexity index is 1070. The Hall–Kier alpha value is -3.60. The number of aromatic amines is 1. The Kier molecular flexibility index (Phi) is 6.09. The fourth-order valence-corrected chi connectivity index (χ4v) is 3.50. The second kappa shape index (κ2) is 9.27. The van der Waals surface area contributed by atoms with E-state index in [4.69, 9.17) is 9.72 Å². The first kappa shape index (κ1) is 19.7. The maximum atomic E-state index is 12.8. The number of imidazole rings is 1. The first-order chi connectivity index (χ1) is 14.7. The van der Waals surface area contributed by atoms with Crippen molar-refractivity contribution >= 4 is 16.9 Å². The largest absolute Gasteiger partial charge is 0.494 e. The average Bonchev–Trinajstić information content (AvgIpc) is 3.20. The number of rotatable bonds is 8. The van der Waals surface area contributed by atoms with Crippen molar-refractivity contribution < 1.29 is 9.53 Å². The van der Waals surface area contributed by atoms with Gasteiger partial charge in [-0.1, -0.05) is 54.6 Å². The van der Waals surface area contributed by atoms with Crippen LogP contribution in [0.15, 0.2) is 78.9 Å². The van der Waals surface area contributed by atoms with Crippen molar-refractivity contribution in [3.05, 3.63) is 95.8 Å². The number of carbonyl (C=O) groups is 1. The zero-order valence-electron chi connectivity index (χ0n) is 17.0. The SMILES string of the molecule is CCOc1ccc(CC(=O)N[C@@H](Cc2ccccc2)c2nc3ccccc3[nH]2)cc1. The van der Waals surface area contributed by atoms with Crippen molar-refractivity contribution in [2.45, 2.75) is 25.8 Å². The molecule has 0 saturated carbocycles. The van der Waals surface area contributed by atoms with Crippen molar-refractivity contribution in [1.82, 2.24) is 15.3 Å². The molecule has 0 aliphatic rings. The van der Waals surface area contributed by atoms with Crippen LogP contribution in [-0.4, -0.2) is 22.5 Å². The Balaban J connectivity index is 1.52. The highest BCUT2D eigenvalue weighted by atomic mass is 16.5. The molecule has 0 unspecified atom stereocenters. The lowest BCUT2D eigenvalue weighted by atomic mass is 10.0. The molecule has 3 aromatic carbocycles. The third kappa shape index (κ3) is 4.87. The molecule has 0 aliphatic heterocycles. The number of amides is 1. The minimum atomic E-state index is -0.241. The van der Waals surface area contributed by atoms with Crippen LogP contribution in [0.4, 0.5) is 0 Å². The monoisotopic (exact) mass is 399 g/mol. The molecule has 4 aromatic rings. The van der Waals surface area contributed by atoms with Crippen LogP contribution in [0.25, 0.3) is 11.0 Å². The van der Waals surface area contributed by atoms with Crippen LogP contribution in [0.3, 0.4) is 0 Å². The molecular weight excluding hydrogens is 374 g/mol. The first-order valence-corrected chi connectivity index (χ1v) is 10.2. The van der Waals surface area contributed by atoms with Crippen LogP contribution in [0.2, 0.25) is 0 Å². The van der Waals surface area contributed by atoms with Gasteiger partial charge in [0.2, 0.25) is 5.91 Å². The van der Waals surface area contributed by atoms with E-state index in [9.17, 15) is 4.79 Å². The van der Waals surface area contributed by atoms with Gasteiger partial charge in [0.05, 0.1) is 30.1 Å². The summed E-state index contributed by atoms with van der Waals surface area (Å²) in [4.78, 5) is 20.9. The molecule has 0 radical (unpaired) electrons. The molecule has 152 valence electrons. The number of nitrogens with zero attached hydrogens (tertiary/aromatic N) is 1. The van der Waals surface area contributed by atoms with Crippen molar-refractivity contribution in [2.75, 3.05) is 6.61 Å². The van der Waals surface area contributed by atoms with Gasteiger partial charge in [0, 0.05) is 0 Å². The van der Waals surface area contributed by atoms with Crippen molar-refractivity contribution in [3.8, 4) is 5.75 Å². The number of H-pyrrole nitrogens is 1. The van der Waals surface area contributed by atoms with E-state index in [1.807, 2.05) is 73.7 Å². The molecular formula is C25H25N3O2. The average molecular weight is 399 g/mol. The molecule has 1 amide bonds. The second-order valence-corrected chi connectivity index (χ2v) is 7.20. The molecule has 5 heteroatoms. The van der Waals surface area contributed by atoms with Crippen LogP contribution < -0.4 is 10.1 Å². The predicted molar refractivity (Wildman–Crippen MR) is 118 cm³/mol. The van der Waals surface area contributed by atoms with Gasteiger partial charge in [-0.3, -0.25) is 4.79 Å². The zero-order valence-corrected chi connectivity index (χ0v) is 17.0. The van der Waals surface area contributed by atoms with Gasteiger partial charge in [0.1, 0.15) is 11.6 Å². The van der Waals surface area contributed by atoms with Gasteiger partial charge in [0.25, 0.3) is 0 Å². The molecule has 30 heavy (non-hydrogen) atoms. The minimum Gasteiger partial charge on any atom is -0.494 e. The maximum Gasteiger partial charge on any atom is 0.225 e. The standard InChI is InChI=1S/C25H25N3O2/c1-2-30-20-14-12-19(13-15-20)17-24(29)26-23(16-18-8-4-3-5-9-18)25-27-21-10-6-7-11-22(21)28-25/h3-15,23H,2,16-17H2,1H3,(H,26,29)(H,27,28)/t23-/m0/s1. The van der Waals surface area contributed by atoms with Crippen molar-refractivity contribution in [1.29, 1.82) is 0 Å². The minimum absolute atomic E-state index is 0.0412. The van der Waals surface area contributed by atoms with Gasteiger partial charge in [-0.15, -0.1) is 0 Å². The van der Waals surface area contributed by atoms with Crippen LogP contribution in [0.5, 0.6) is 5.75 Å². The van der Waals surface area contributed by atoms with Gasteiger partial charge in [-0.05, 0) is 48.7 Å². The Morgan fingerprint density at radius 1 is 0.967 bits per heavy atom. The van der Waals surface area contributed by atoms with E-state index in [2.05, 4.69) is 22.4 Å². The van der Waals surface area contributed by atoms with Gasteiger partial charge in [-0.2, -0.15) is 0 Å². The summed E-state index contributed by atoms with van der Waals surface area (Å²) in [5, 5.41) is 3.17. The lowest BCUT2D eigenvalue weighted by molar-refractivity contribution is -0.121. The fourth-order valence-electron chi connectivity index (χ4n) is 3.50. The number of fused-ring (bicyclic) bond motifs is 1. The lowest BCUT2D eigenvalue weighted by Gasteiger charge is -2.17. The number of nitrogens with one attached hydrogen (secondary N) is 2. The number of para-hydroxylation sites is 2. The van der Waals surface area contributed by atoms with E-state index in [-0.39, 0.29) is 11.9 Å². The van der Waals surface area contributed by atoms with Crippen LogP contribution in [0.1, 0.15) is 29.9 Å². The Morgan fingerprint density at radius 3 is 2.43 bits per heavy atom. The van der Waals surface area contributed by atoms with E-state index in [0.29, 0.717) is 19.4 Å². The van der Waals surface area contributed by atoms with Crippen molar-refractivity contribution in [2.24, 2.45) is 0 Å². The Morgan fingerprint density at radius 2 is 1.70 bits per heavy atom. The molecule has 1 atom stereocenters. The molecule has 2 N–H and O–H groups in total. The Labute approximate surface area is 176 Å². The van der Waals surface area contributed by atoms with Crippen LogP contribution in [-0.2, 0) is 17.6 Å². The van der Waals surface area contributed by atoms with Crippen LogP contribution >= 0.6 is 0 Å². The smallest absolute Gasteiger partial charge is 0.225 e. The third-order valence-electron chi connectivity index (χ3n) is 4.95. The summed E-state index contributed by atoms with van der Waals surface area (Å²) in [5.41, 5.74) is 3.95. The number of benzene rings is 3. The van der Waals surface area contributed by atoms with Crippen molar-refractivity contribution in [3.63, 3.8) is 0 Å². The highest BCUT2D eigenvalue weighted by Gasteiger charge is 2.19. The molecule has 0 fully saturated rings. The molecule has 1 aromatic heterocycles. The van der Waals surface area contributed by atoms with Gasteiger partial charge in [0.15, 0.2) is 0 Å². The number of aromatic nitrogens is 2. The lowest BCUT2D eigenvalue weighted by Crippen LogP contribution is -2.32. The highest BCUT2D eigenvalue weighted by Crippen LogP contribution is 2.20. The maximum absolute atomic E-state index is 12.8. The quantitative estimate of drug-likeness (QED) is 0.455. The fraction of sp³-hybridized carbons (Fsp3) is 0.200. The van der Waals surface area contributed by atoms with Crippen LogP contribution in [0, 0.1) is 0 Å². The number of hydrogen-bond acceptors (Lipinski definition) is 3. The van der Waals surface area contributed by atoms with Gasteiger partial charge in [-0.25, -0.2) is 4.98 Å². The van der Waals surface area contributed by atoms with E-state index >= 15 is 0 Å². The zero-order chi connectivity index (χ0) is 20.8. The normalized spacial score (nSPS) is 11.9. The summed E-state index contributed by atoms with van der Waals surface area (Å²) in [5.74, 6) is 1.53. The summed E-state index contributed by atoms with van der Waals surface area (Å²) in [6.45, 7) is 2.57. The number of ether oxygens (including phenoxy) is 1. The second-order valence-electron chi connectivity index (χ2n) is 7.20. The molecule has 1 heterocycles. The molecule has 0 saturated heterocycles. The van der Waals surface area contributed by atoms with Gasteiger partial charge >= 0.3 is 0 Å². The topological polar surface area (TPSA) is 67.0 Å². The molecule has 0 spiro atoms. The summed E-state index contributed by atoms with van der Waals surface area (Å²) >= 11 is 0. The molecule has 5 nitrogen and oxygen atoms in total. The first-order valence-electron chi connectivity index (χ1n) is 10.2. The van der Waals surface area contributed by atoms with E-state index in [1.165, 1.54) is 0 Å². The van der Waals surface area contributed by atoms with Gasteiger partial charge < -0.3 is 15.0 Å². The predicted octanol–water partition coefficient (Wildman–Crippen LogP) is 4.60. The van der Waals surface area contributed by atoms with E-state index < -0.39 is 0 Å². The van der Waals surface area contributed by atoms with E-state index in [0.717, 1.165) is 33.7 Å². The summed E-state index contributed by atoms with van der Waals surface area (Å²) < 4.78 is 5.47. The summed E-state index contributed by atoms with van der Waals surface area (Å²) in [7, 11) is 0. The number of hydrogen-bond donors (Lipinski definition) is 2. The van der Waals surface area contributed by atoms with E-state index in [1.54, 1.807) is 0 Å². The third-order valence-corrected chi connectivity index (χ3v) is 4.95. The number of carbonyl (C=O) groups excluding carboxylic acids is 1.